The molecule has 0 radical (unpaired) electrons. The topological polar surface area (TPSA) is 68.9 Å². The Labute approximate surface area is 210 Å². The van der Waals surface area contributed by atoms with Gasteiger partial charge in [0.2, 0.25) is 5.89 Å². The SMILES string of the molecule is CN=C(NCCCN1CCN(Cc2ccccc2)CC1)NCc1ncc(C(C)(C)C)o1.I. The number of aromatic nitrogens is 1. The van der Waals surface area contributed by atoms with Gasteiger partial charge in [0, 0.05) is 51.7 Å². The first-order valence-electron chi connectivity index (χ1n) is 11.3. The maximum absolute atomic E-state index is 5.83. The Kier molecular flexibility index (Phi) is 10.9. The van der Waals surface area contributed by atoms with Crippen LogP contribution < -0.4 is 10.6 Å². The fourth-order valence-electron chi connectivity index (χ4n) is 3.64. The van der Waals surface area contributed by atoms with Gasteiger partial charge in [0.15, 0.2) is 5.96 Å². The predicted octanol–water partition coefficient (Wildman–Crippen LogP) is 3.46. The van der Waals surface area contributed by atoms with Crippen LogP contribution in [0.1, 0.15) is 44.4 Å². The molecule has 1 fully saturated rings. The number of benzene rings is 1. The van der Waals surface area contributed by atoms with E-state index in [2.05, 4.69) is 81.5 Å². The van der Waals surface area contributed by atoms with Crippen molar-refractivity contribution in [1.29, 1.82) is 0 Å². The predicted molar refractivity (Wildman–Crippen MR) is 142 cm³/mol. The Balaban J connectivity index is 0.00000363. The maximum atomic E-state index is 5.83. The number of halogens is 1. The smallest absolute Gasteiger partial charge is 0.213 e. The number of hydrogen-bond donors (Lipinski definition) is 2. The minimum Gasteiger partial charge on any atom is -0.443 e. The van der Waals surface area contributed by atoms with Gasteiger partial charge in [-0.2, -0.15) is 0 Å². The number of hydrogen-bond acceptors (Lipinski definition) is 5. The number of piperazine rings is 1. The Morgan fingerprint density at radius 2 is 1.75 bits per heavy atom. The van der Waals surface area contributed by atoms with Crippen molar-refractivity contribution in [1.82, 2.24) is 25.4 Å². The van der Waals surface area contributed by atoms with Gasteiger partial charge in [-0.05, 0) is 18.5 Å². The van der Waals surface area contributed by atoms with Gasteiger partial charge in [-0.1, -0.05) is 51.1 Å². The molecular formula is C24H39IN6O. The van der Waals surface area contributed by atoms with Crippen LogP contribution in [0.15, 0.2) is 45.9 Å². The molecule has 2 aromatic rings. The fourth-order valence-corrected chi connectivity index (χ4v) is 3.64. The third-order valence-corrected chi connectivity index (χ3v) is 5.58. The van der Waals surface area contributed by atoms with E-state index < -0.39 is 0 Å². The molecule has 7 nitrogen and oxygen atoms in total. The highest BCUT2D eigenvalue weighted by Crippen LogP contribution is 2.22. The van der Waals surface area contributed by atoms with E-state index in [9.17, 15) is 0 Å². The summed E-state index contributed by atoms with van der Waals surface area (Å²) < 4.78 is 5.83. The fraction of sp³-hybridized carbons (Fsp3) is 0.583. The second-order valence-electron chi connectivity index (χ2n) is 9.18. The second-order valence-corrected chi connectivity index (χ2v) is 9.18. The quantitative estimate of drug-likeness (QED) is 0.226. The van der Waals surface area contributed by atoms with Gasteiger partial charge in [0.1, 0.15) is 5.76 Å². The molecule has 1 saturated heterocycles. The van der Waals surface area contributed by atoms with E-state index in [1.807, 2.05) is 6.20 Å². The molecule has 1 aliphatic rings. The Hall–Kier alpha value is -1.65. The molecule has 2 heterocycles. The van der Waals surface area contributed by atoms with Gasteiger partial charge in [0.25, 0.3) is 0 Å². The zero-order chi connectivity index (χ0) is 22.1. The molecule has 178 valence electrons. The van der Waals surface area contributed by atoms with Crippen molar-refractivity contribution in [2.24, 2.45) is 4.99 Å². The first-order valence-corrected chi connectivity index (χ1v) is 11.3. The molecule has 3 rings (SSSR count). The summed E-state index contributed by atoms with van der Waals surface area (Å²) in [4.78, 5) is 13.8. The molecule has 1 aromatic carbocycles. The normalized spacial score (nSPS) is 15.9. The molecule has 1 aromatic heterocycles. The van der Waals surface area contributed by atoms with Crippen LogP contribution in [-0.4, -0.2) is 67.1 Å². The summed E-state index contributed by atoms with van der Waals surface area (Å²) in [5.74, 6) is 2.36. The van der Waals surface area contributed by atoms with Crippen LogP contribution in [0.2, 0.25) is 0 Å². The number of guanidine groups is 1. The standard InChI is InChI=1S/C24H38N6O.HI/c1-24(2,3)21-17-27-22(31-21)18-28-23(25-4)26-11-8-12-29-13-15-30(16-14-29)19-20-9-6-5-7-10-20;/h5-7,9-10,17H,8,11-16,18-19H2,1-4H3,(H2,25,26,28);1H. The van der Waals surface area contributed by atoms with Crippen LogP contribution in [0.3, 0.4) is 0 Å². The Bertz CT molecular complexity index is 809. The lowest BCUT2D eigenvalue weighted by Gasteiger charge is -2.34. The van der Waals surface area contributed by atoms with Crippen molar-refractivity contribution in [3.63, 3.8) is 0 Å². The minimum atomic E-state index is -0.0296. The first kappa shape index (κ1) is 26.6. The largest absolute Gasteiger partial charge is 0.443 e. The molecule has 32 heavy (non-hydrogen) atoms. The molecule has 8 heteroatoms. The molecule has 0 amide bonds. The summed E-state index contributed by atoms with van der Waals surface area (Å²) in [5, 5.41) is 6.67. The number of rotatable bonds is 8. The van der Waals surface area contributed by atoms with Crippen molar-refractivity contribution >= 4 is 29.9 Å². The van der Waals surface area contributed by atoms with Crippen LogP contribution in [-0.2, 0) is 18.5 Å². The van der Waals surface area contributed by atoms with Crippen LogP contribution >= 0.6 is 24.0 Å². The van der Waals surface area contributed by atoms with Crippen molar-refractivity contribution in [3.05, 3.63) is 53.7 Å². The Morgan fingerprint density at radius 1 is 1.06 bits per heavy atom. The minimum absolute atomic E-state index is 0. The maximum Gasteiger partial charge on any atom is 0.213 e. The molecule has 0 saturated carbocycles. The molecule has 0 spiro atoms. The van der Waals surface area contributed by atoms with Gasteiger partial charge in [-0.25, -0.2) is 4.98 Å². The summed E-state index contributed by atoms with van der Waals surface area (Å²) in [7, 11) is 1.79. The summed E-state index contributed by atoms with van der Waals surface area (Å²) in [6.07, 6.45) is 2.90. The third kappa shape index (κ3) is 8.71. The van der Waals surface area contributed by atoms with Gasteiger partial charge < -0.3 is 20.0 Å². The van der Waals surface area contributed by atoms with Crippen LogP contribution in [0, 0.1) is 0 Å². The number of nitrogens with zero attached hydrogens (tertiary/aromatic N) is 4. The van der Waals surface area contributed by atoms with E-state index in [0.29, 0.717) is 12.4 Å². The number of oxazole rings is 1. The molecule has 0 bridgehead atoms. The molecule has 0 aliphatic carbocycles. The van der Waals surface area contributed by atoms with Crippen LogP contribution in [0.5, 0.6) is 0 Å². The average Bonchev–Trinajstić information content (AvgIpc) is 3.25. The molecular weight excluding hydrogens is 515 g/mol. The number of aliphatic imine (C=N–C) groups is 1. The Morgan fingerprint density at radius 3 is 2.38 bits per heavy atom. The van der Waals surface area contributed by atoms with Crippen molar-refractivity contribution in [2.45, 2.75) is 45.7 Å². The summed E-state index contributed by atoms with van der Waals surface area (Å²) in [6, 6.07) is 10.7. The van der Waals surface area contributed by atoms with Crippen LogP contribution in [0.25, 0.3) is 0 Å². The second kappa shape index (κ2) is 13.2. The van der Waals surface area contributed by atoms with E-state index in [1.165, 1.54) is 5.56 Å². The van der Waals surface area contributed by atoms with E-state index in [4.69, 9.17) is 4.42 Å². The van der Waals surface area contributed by atoms with Crippen molar-refractivity contribution < 1.29 is 4.42 Å². The lowest BCUT2D eigenvalue weighted by Crippen LogP contribution is -2.46. The third-order valence-electron chi connectivity index (χ3n) is 5.58. The first-order chi connectivity index (χ1) is 14.9. The van der Waals surface area contributed by atoms with Crippen molar-refractivity contribution in [2.75, 3.05) is 46.3 Å². The van der Waals surface area contributed by atoms with Gasteiger partial charge in [-0.3, -0.25) is 9.89 Å². The summed E-state index contributed by atoms with van der Waals surface area (Å²) in [5.41, 5.74) is 1.37. The van der Waals surface area contributed by atoms with E-state index in [0.717, 1.165) is 64.0 Å². The van der Waals surface area contributed by atoms with E-state index >= 15 is 0 Å². The average molecular weight is 555 g/mol. The van der Waals surface area contributed by atoms with E-state index in [-0.39, 0.29) is 29.4 Å². The highest BCUT2D eigenvalue weighted by molar-refractivity contribution is 14.0. The lowest BCUT2D eigenvalue weighted by molar-refractivity contribution is 0.126. The highest BCUT2D eigenvalue weighted by Gasteiger charge is 2.19. The van der Waals surface area contributed by atoms with Gasteiger partial charge in [-0.15, -0.1) is 24.0 Å². The molecule has 2 N–H and O–H groups in total. The zero-order valence-corrected chi connectivity index (χ0v) is 22.3. The van der Waals surface area contributed by atoms with Crippen LogP contribution in [0.4, 0.5) is 0 Å². The zero-order valence-electron chi connectivity index (χ0n) is 19.9. The molecule has 1 aliphatic heterocycles. The summed E-state index contributed by atoms with van der Waals surface area (Å²) >= 11 is 0. The molecule has 0 atom stereocenters. The van der Waals surface area contributed by atoms with Gasteiger partial charge >= 0.3 is 0 Å². The summed E-state index contributed by atoms with van der Waals surface area (Å²) in [6.45, 7) is 14.5. The lowest BCUT2D eigenvalue weighted by atomic mass is 9.94. The van der Waals surface area contributed by atoms with E-state index in [1.54, 1.807) is 7.05 Å². The monoisotopic (exact) mass is 554 g/mol. The molecule has 0 unspecified atom stereocenters. The number of nitrogens with one attached hydrogen (secondary N) is 2. The highest BCUT2D eigenvalue weighted by atomic mass is 127. The van der Waals surface area contributed by atoms with Gasteiger partial charge in [0.05, 0.1) is 12.7 Å². The van der Waals surface area contributed by atoms with Crippen molar-refractivity contribution in [3.8, 4) is 0 Å².